The number of benzene rings is 2. The monoisotopic (exact) mass is 251 g/mol. The Bertz CT molecular complexity index is 623. The van der Waals surface area contributed by atoms with Crippen molar-refractivity contribution in [3.8, 4) is 22.9 Å². The van der Waals surface area contributed by atoms with Gasteiger partial charge in [0.1, 0.15) is 5.75 Å². The summed E-state index contributed by atoms with van der Waals surface area (Å²) in [5.74, 6) is 1.27. The zero-order valence-electron chi connectivity index (χ0n) is 11.5. The van der Waals surface area contributed by atoms with Crippen LogP contribution in [-0.2, 0) is 0 Å². The first-order valence-corrected chi connectivity index (χ1v) is 6.34. The Morgan fingerprint density at radius 3 is 2.53 bits per heavy atom. The summed E-state index contributed by atoms with van der Waals surface area (Å²) in [5.41, 5.74) is 3.97. The summed E-state index contributed by atoms with van der Waals surface area (Å²) in [6.45, 7) is 4.34. The molecular weight excluding hydrogens is 234 g/mol. The summed E-state index contributed by atoms with van der Waals surface area (Å²) < 4.78 is 5.39. The maximum Gasteiger partial charge on any atom is 0.126 e. The molecule has 0 heterocycles. The highest BCUT2D eigenvalue weighted by atomic mass is 16.5. The molecule has 0 amide bonds. The number of hydrogen-bond donors (Lipinski definition) is 0. The van der Waals surface area contributed by atoms with Crippen LogP contribution in [0, 0.1) is 11.3 Å². The van der Waals surface area contributed by atoms with Gasteiger partial charge in [0.15, 0.2) is 0 Å². The van der Waals surface area contributed by atoms with Crippen LogP contribution in [0.3, 0.4) is 0 Å². The molecule has 0 fully saturated rings. The van der Waals surface area contributed by atoms with Crippen LogP contribution in [0.1, 0.15) is 30.9 Å². The van der Waals surface area contributed by atoms with Crippen LogP contribution in [-0.4, -0.2) is 7.11 Å². The number of hydrogen-bond acceptors (Lipinski definition) is 2. The minimum atomic E-state index is 0.477. The van der Waals surface area contributed by atoms with Crippen molar-refractivity contribution in [1.82, 2.24) is 0 Å². The van der Waals surface area contributed by atoms with Crippen molar-refractivity contribution < 1.29 is 4.74 Å². The molecule has 0 aliphatic carbocycles. The summed E-state index contributed by atoms with van der Waals surface area (Å²) in [4.78, 5) is 0. The van der Waals surface area contributed by atoms with Gasteiger partial charge in [-0.1, -0.05) is 38.1 Å². The first kappa shape index (κ1) is 13.2. The van der Waals surface area contributed by atoms with Crippen LogP contribution in [0.4, 0.5) is 0 Å². The lowest BCUT2D eigenvalue weighted by Crippen LogP contribution is -1.91. The Labute approximate surface area is 114 Å². The van der Waals surface area contributed by atoms with E-state index in [9.17, 15) is 0 Å². The Hall–Kier alpha value is -2.27. The summed E-state index contributed by atoms with van der Waals surface area (Å²) in [5, 5.41) is 9.02. The predicted octanol–water partition coefficient (Wildman–Crippen LogP) is 4.36. The normalized spacial score (nSPS) is 10.3. The van der Waals surface area contributed by atoms with E-state index < -0.39 is 0 Å². The first-order valence-electron chi connectivity index (χ1n) is 6.34. The standard InChI is InChI=1S/C17H17NO/c1-12(2)14-5-4-6-15(10-14)16-9-13(11-18)7-8-17(16)19-3/h4-10,12H,1-3H3. The molecule has 0 atom stereocenters. The largest absolute Gasteiger partial charge is 0.496 e. The van der Waals surface area contributed by atoms with E-state index in [-0.39, 0.29) is 0 Å². The molecule has 2 aromatic rings. The third-order valence-corrected chi connectivity index (χ3v) is 3.19. The lowest BCUT2D eigenvalue weighted by molar-refractivity contribution is 0.416. The second kappa shape index (κ2) is 5.58. The van der Waals surface area contributed by atoms with Gasteiger partial charge in [0.25, 0.3) is 0 Å². The molecule has 0 spiro atoms. The Kier molecular flexibility index (Phi) is 3.87. The van der Waals surface area contributed by atoms with Crippen molar-refractivity contribution in [3.05, 3.63) is 53.6 Å². The molecule has 0 bridgehead atoms. The lowest BCUT2D eigenvalue weighted by Gasteiger charge is -2.12. The molecule has 0 unspecified atom stereocenters. The summed E-state index contributed by atoms with van der Waals surface area (Å²) in [6, 6.07) is 16.0. The molecule has 0 radical (unpaired) electrons. The molecule has 2 nitrogen and oxygen atoms in total. The number of nitrogens with zero attached hydrogens (tertiary/aromatic N) is 1. The third kappa shape index (κ3) is 2.77. The van der Waals surface area contributed by atoms with Crippen LogP contribution in [0.2, 0.25) is 0 Å². The molecule has 0 N–H and O–H groups in total. The quantitative estimate of drug-likeness (QED) is 0.812. The van der Waals surface area contributed by atoms with E-state index in [1.54, 1.807) is 13.2 Å². The van der Waals surface area contributed by atoms with Gasteiger partial charge in [-0.2, -0.15) is 5.26 Å². The average Bonchev–Trinajstić information content (AvgIpc) is 2.46. The highest BCUT2D eigenvalue weighted by molar-refractivity contribution is 5.72. The number of methoxy groups -OCH3 is 1. The van der Waals surface area contributed by atoms with Crippen LogP contribution < -0.4 is 4.74 Å². The van der Waals surface area contributed by atoms with E-state index in [2.05, 4.69) is 32.0 Å². The van der Waals surface area contributed by atoms with Gasteiger partial charge in [-0.05, 0) is 35.2 Å². The number of rotatable bonds is 3. The van der Waals surface area contributed by atoms with Crippen molar-refractivity contribution >= 4 is 0 Å². The van der Waals surface area contributed by atoms with Gasteiger partial charge in [0.2, 0.25) is 0 Å². The van der Waals surface area contributed by atoms with Gasteiger partial charge in [0, 0.05) is 5.56 Å². The minimum absolute atomic E-state index is 0.477. The van der Waals surface area contributed by atoms with E-state index in [0.29, 0.717) is 11.5 Å². The fourth-order valence-electron chi connectivity index (χ4n) is 2.07. The van der Waals surface area contributed by atoms with Crippen LogP contribution in [0.5, 0.6) is 5.75 Å². The smallest absolute Gasteiger partial charge is 0.126 e. The maximum atomic E-state index is 9.02. The molecule has 19 heavy (non-hydrogen) atoms. The van der Waals surface area contributed by atoms with Gasteiger partial charge in [0.05, 0.1) is 18.7 Å². The van der Waals surface area contributed by atoms with Crippen LogP contribution in [0.15, 0.2) is 42.5 Å². The van der Waals surface area contributed by atoms with Gasteiger partial charge in [-0.15, -0.1) is 0 Å². The SMILES string of the molecule is COc1ccc(C#N)cc1-c1cccc(C(C)C)c1. The zero-order chi connectivity index (χ0) is 13.8. The van der Waals surface area contributed by atoms with E-state index >= 15 is 0 Å². The van der Waals surface area contributed by atoms with E-state index in [1.165, 1.54) is 5.56 Å². The second-order valence-corrected chi connectivity index (χ2v) is 4.81. The molecule has 0 saturated heterocycles. The topological polar surface area (TPSA) is 33.0 Å². The fourth-order valence-corrected chi connectivity index (χ4v) is 2.07. The van der Waals surface area contributed by atoms with Crippen molar-refractivity contribution in [1.29, 1.82) is 5.26 Å². The highest BCUT2D eigenvalue weighted by Crippen LogP contribution is 2.32. The molecule has 0 saturated carbocycles. The molecule has 0 aliphatic heterocycles. The minimum Gasteiger partial charge on any atom is -0.496 e. The number of nitriles is 1. The average molecular weight is 251 g/mol. The Balaban J connectivity index is 2.57. The highest BCUT2D eigenvalue weighted by Gasteiger charge is 2.08. The van der Waals surface area contributed by atoms with Crippen molar-refractivity contribution in [3.63, 3.8) is 0 Å². The Morgan fingerprint density at radius 1 is 1.11 bits per heavy atom. The molecule has 2 heteroatoms. The van der Waals surface area contributed by atoms with Crippen LogP contribution >= 0.6 is 0 Å². The van der Waals surface area contributed by atoms with E-state index in [0.717, 1.165) is 16.9 Å². The molecule has 96 valence electrons. The summed E-state index contributed by atoms with van der Waals surface area (Å²) in [7, 11) is 1.65. The zero-order valence-corrected chi connectivity index (χ0v) is 11.5. The van der Waals surface area contributed by atoms with Crippen molar-refractivity contribution in [2.75, 3.05) is 7.11 Å². The van der Waals surface area contributed by atoms with Crippen LogP contribution in [0.25, 0.3) is 11.1 Å². The lowest BCUT2D eigenvalue weighted by atomic mass is 9.96. The number of ether oxygens (including phenoxy) is 1. The maximum absolute atomic E-state index is 9.02. The summed E-state index contributed by atoms with van der Waals surface area (Å²) >= 11 is 0. The predicted molar refractivity (Wildman–Crippen MR) is 77.2 cm³/mol. The van der Waals surface area contributed by atoms with Gasteiger partial charge in [-0.3, -0.25) is 0 Å². The van der Waals surface area contributed by atoms with Gasteiger partial charge in [-0.25, -0.2) is 0 Å². The molecule has 0 aliphatic rings. The molecule has 2 rings (SSSR count). The summed E-state index contributed by atoms with van der Waals surface area (Å²) in [6.07, 6.45) is 0. The van der Waals surface area contributed by atoms with E-state index in [1.807, 2.05) is 24.3 Å². The first-order chi connectivity index (χ1) is 9.15. The van der Waals surface area contributed by atoms with Crippen molar-refractivity contribution in [2.24, 2.45) is 0 Å². The Morgan fingerprint density at radius 2 is 1.89 bits per heavy atom. The second-order valence-electron chi connectivity index (χ2n) is 4.81. The molecule has 0 aromatic heterocycles. The molecule has 2 aromatic carbocycles. The van der Waals surface area contributed by atoms with Gasteiger partial charge >= 0.3 is 0 Å². The van der Waals surface area contributed by atoms with Gasteiger partial charge < -0.3 is 4.74 Å². The molecular formula is C17H17NO. The fraction of sp³-hybridized carbons (Fsp3) is 0.235. The third-order valence-electron chi connectivity index (χ3n) is 3.19. The van der Waals surface area contributed by atoms with Crippen molar-refractivity contribution in [2.45, 2.75) is 19.8 Å². The van der Waals surface area contributed by atoms with E-state index in [4.69, 9.17) is 10.00 Å².